The largest absolute Gasteiger partial charge is 0.453 e. The van der Waals surface area contributed by atoms with Crippen molar-refractivity contribution in [3.8, 4) is 17.3 Å². The van der Waals surface area contributed by atoms with Crippen LogP contribution in [0.3, 0.4) is 0 Å². The topological polar surface area (TPSA) is 142 Å². The van der Waals surface area contributed by atoms with Crippen LogP contribution >= 0.6 is 0 Å². The van der Waals surface area contributed by atoms with Crippen LogP contribution in [0.1, 0.15) is 30.2 Å². The maximum absolute atomic E-state index is 15.8. The minimum Gasteiger partial charge on any atom is -0.453 e. The lowest BCUT2D eigenvalue weighted by molar-refractivity contribution is 0.00642. The van der Waals surface area contributed by atoms with Crippen molar-refractivity contribution in [2.45, 2.75) is 37.3 Å². The molecule has 3 unspecified atom stereocenters. The van der Waals surface area contributed by atoms with Crippen LogP contribution < -0.4 is 11.1 Å². The third-order valence-electron chi connectivity index (χ3n) is 6.56. The second-order valence-electron chi connectivity index (χ2n) is 8.86. The molecule has 1 fully saturated rings. The number of piperidine rings is 1. The fourth-order valence-electron chi connectivity index (χ4n) is 4.47. The van der Waals surface area contributed by atoms with Crippen LogP contribution in [-0.2, 0) is 16.8 Å². The average Bonchev–Trinajstić information content (AvgIpc) is 3.32. The van der Waals surface area contributed by atoms with E-state index in [-0.39, 0.29) is 37.3 Å². The Hall–Kier alpha value is -3.92. The monoisotopic (exact) mass is 511 g/mol. The van der Waals surface area contributed by atoms with Gasteiger partial charge in [0.05, 0.1) is 30.9 Å². The molecule has 1 aliphatic rings. The van der Waals surface area contributed by atoms with E-state index in [9.17, 15) is 19.6 Å². The number of aliphatic hydroxyl groups is 1. The Morgan fingerprint density at radius 3 is 2.81 bits per heavy atom. The molecule has 0 aliphatic carbocycles. The van der Waals surface area contributed by atoms with Gasteiger partial charge in [-0.05, 0) is 6.42 Å². The Kier molecular flexibility index (Phi) is 7.77. The summed E-state index contributed by atoms with van der Waals surface area (Å²) in [6.07, 6.45) is -1.21. The number of hydrogen-bond acceptors (Lipinski definition) is 8. The number of benzene rings is 1. The number of nitrogens with zero attached hydrogens (tertiary/aromatic N) is 5. The van der Waals surface area contributed by atoms with Crippen LogP contribution in [0.2, 0.25) is 0 Å². The predicted molar refractivity (Wildman–Crippen MR) is 130 cm³/mol. The number of amides is 1. The first-order valence-electron chi connectivity index (χ1n) is 11.6. The number of methoxy groups -OCH3 is 1. The average molecular weight is 512 g/mol. The molecule has 1 aliphatic heterocycles. The number of hydrogen-bond donors (Lipinski definition) is 3. The minimum atomic E-state index is -1.57. The van der Waals surface area contributed by atoms with Crippen molar-refractivity contribution in [3.63, 3.8) is 0 Å². The molecule has 37 heavy (non-hydrogen) atoms. The highest BCUT2D eigenvalue weighted by Crippen LogP contribution is 2.38. The van der Waals surface area contributed by atoms with Gasteiger partial charge in [-0.2, -0.15) is 10.4 Å². The highest BCUT2D eigenvalue weighted by Gasteiger charge is 2.46. The van der Waals surface area contributed by atoms with E-state index in [1.807, 2.05) is 36.4 Å². The number of carbonyl (C=O) groups is 1. The predicted octanol–water partition coefficient (Wildman–Crippen LogP) is 3.07. The van der Waals surface area contributed by atoms with Crippen LogP contribution in [0.4, 0.5) is 19.4 Å². The zero-order chi connectivity index (χ0) is 26.6. The third-order valence-corrected chi connectivity index (χ3v) is 6.56. The molecule has 0 radical (unpaired) electrons. The van der Waals surface area contributed by atoms with Crippen LogP contribution in [0.25, 0.3) is 11.3 Å². The number of aliphatic hydroxyl groups excluding tert-OH is 1. The van der Waals surface area contributed by atoms with Crippen LogP contribution in [-0.4, -0.2) is 57.2 Å². The van der Waals surface area contributed by atoms with Gasteiger partial charge in [0.1, 0.15) is 23.8 Å². The molecule has 3 heterocycles. The van der Waals surface area contributed by atoms with E-state index in [1.54, 1.807) is 4.90 Å². The molecular formula is C25H27F2N7O3. The van der Waals surface area contributed by atoms with Crippen molar-refractivity contribution in [2.75, 3.05) is 25.5 Å². The third kappa shape index (κ3) is 5.43. The van der Waals surface area contributed by atoms with Crippen LogP contribution in [0, 0.1) is 17.1 Å². The van der Waals surface area contributed by atoms with Crippen molar-refractivity contribution < 1.29 is 23.4 Å². The molecule has 194 valence electrons. The summed E-state index contributed by atoms with van der Waals surface area (Å²) in [5, 5.41) is 26.0. The lowest BCUT2D eigenvalue weighted by atomic mass is 9.83. The first-order chi connectivity index (χ1) is 17.8. The van der Waals surface area contributed by atoms with Crippen LogP contribution in [0.15, 0.2) is 48.8 Å². The molecule has 1 amide bonds. The van der Waals surface area contributed by atoms with Crippen LogP contribution in [0.5, 0.6) is 0 Å². The number of alkyl halides is 1. The number of nitrogens with one attached hydrogen (secondary N) is 1. The number of likely N-dealkylation sites (tertiary alicyclic amines) is 1. The molecule has 1 saturated heterocycles. The first-order valence-corrected chi connectivity index (χ1v) is 11.6. The van der Waals surface area contributed by atoms with Gasteiger partial charge in [-0.3, -0.25) is 19.9 Å². The summed E-state index contributed by atoms with van der Waals surface area (Å²) >= 11 is 0. The zero-order valence-electron chi connectivity index (χ0n) is 20.1. The minimum absolute atomic E-state index is 0.0454. The fraction of sp³-hybridized carbons (Fsp3) is 0.360. The number of pyridine rings is 1. The summed E-state index contributed by atoms with van der Waals surface area (Å²) < 4.78 is 36.5. The summed E-state index contributed by atoms with van der Waals surface area (Å²) in [6, 6.07) is 12.6. The molecule has 10 nitrogen and oxygen atoms in total. The van der Waals surface area contributed by atoms with Gasteiger partial charge in [-0.25, -0.2) is 13.6 Å². The van der Waals surface area contributed by atoms with E-state index >= 15 is 4.39 Å². The molecule has 3 aromatic rings. The van der Waals surface area contributed by atoms with Crippen molar-refractivity contribution in [1.82, 2.24) is 19.7 Å². The van der Waals surface area contributed by atoms with Gasteiger partial charge >= 0.3 is 6.09 Å². The zero-order valence-corrected chi connectivity index (χ0v) is 20.1. The van der Waals surface area contributed by atoms with E-state index in [4.69, 9.17) is 5.73 Å². The van der Waals surface area contributed by atoms with E-state index < -0.39 is 29.8 Å². The Morgan fingerprint density at radius 2 is 2.19 bits per heavy atom. The summed E-state index contributed by atoms with van der Waals surface area (Å²) in [6.45, 7) is 0.377. The van der Waals surface area contributed by atoms with E-state index in [2.05, 4.69) is 20.1 Å². The van der Waals surface area contributed by atoms with Crippen molar-refractivity contribution >= 4 is 11.9 Å². The molecule has 12 heteroatoms. The molecule has 2 aromatic heterocycles. The summed E-state index contributed by atoms with van der Waals surface area (Å²) in [5.41, 5.74) is 5.89. The molecule has 4 N–H and O–H groups in total. The van der Waals surface area contributed by atoms with Gasteiger partial charge in [0.15, 0.2) is 5.82 Å². The van der Waals surface area contributed by atoms with Gasteiger partial charge in [0.2, 0.25) is 0 Å². The molecule has 0 bridgehead atoms. The first kappa shape index (κ1) is 26.2. The number of rotatable bonds is 7. The Bertz CT molecular complexity index is 1300. The molecule has 0 saturated carbocycles. The summed E-state index contributed by atoms with van der Waals surface area (Å²) in [7, 11) is 1.16. The SMILES string of the molecule is COC(=O)Nc1nn(C2(CC#N)CCN(Cc3cnc(-c4ccccc4)cc3F)CC2F)cc1C(N)O. The van der Waals surface area contributed by atoms with Gasteiger partial charge in [0.25, 0.3) is 0 Å². The number of nitriles is 1. The standard InChI is InChI=1S/C25H27F2N7O3/c1-37-24(36)31-23-18(22(29)35)14-34(32-23)25(7-9-28)8-10-33(15-21(25)27)13-17-12-30-20(11-19(17)26)16-5-3-2-4-6-16/h2-6,11-12,14,21-22,35H,7-8,10,13,15,29H2,1H3,(H,31,32,36). The van der Waals surface area contributed by atoms with E-state index in [0.29, 0.717) is 17.8 Å². The summed E-state index contributed by atoms with van der Waals surface area (Å²) in [5.74, 6) is -0.536. The molecule has 1 aromatic carbocycles. The Balaban J connectivity index is 1.54. The van der Waals surface area contributed by atoms with Gasteiger partial charge < -0.3 is 15.6 Å². The maximum Gasteiger partial charge on any atom is 0.412 e. The lowest BCUT2D eigenvalue weighted by Gasteiger charge is -2.43. The van der Waals surface area contributed by atoms with Gasteiger partial charge in [-0.1, -0.05) is 30.3 Å². The maximum atomic E-state index is 15.8. The van der Waals surface area contributed by atoms with E-state index in [1.165, 1.54) is 23.1 Å². The number of carbonyl (C=O) groups excluding carboxylic acids is 1. The smallest absolute Gasteiger partial charge is 0.412 e. The Morgan fingerprint density at radius 1 is 1.43 bits per heavy atom. The second kappa shape index (κ2) is 11.0. The molecule has 3 atom stereocenters. The van der Waals surface area contributed by atoms with Gasteiger partial charge in [0, 0.05) is 49.2 Å². The van der Waals surface area contributed by atoms with Crippen molar-refractivity contribution in [3.05, 3.63) is 65.7 Å². The number of halogens is 2. The van der Waals surface area contributed by atoms with E-state index in [0.717, 1.165) is 12.7 Å². The molecule has 0 spiro atoms. The fourth-order valence-corrected chi connectivity index (χ4v) is 4.47. The molecular weight excluding hydrogens is 484 g/mol. The lowest BCUT2D eigenvalue weighted by Crippen LogP contribution is -2.54. The second-order valence-corrected chi connectivity index (χ2v) is 8.86. The quantitative estimate of drug-likeness (QED) is 0.411. The number of ether oxygens (including phenoxy) is 1. The molecule has 4 rings (SSSR count). The van der Waals surface area contributed by atoms with Crippen molar-refractivity contribution in [2.24, 2.45) is 5.73 Å². The van der Waals surface area contributed by atoms with Gasteiger partial charge in [-0.15, -0.1) is 0 Å². The highest BCUT2D eigenvalue weighted by atomic mass is 19.1. The van der Waals surface area contributed by atoms with Crippen molar-refractivity contribution in [1.29, 1.82) is 5.26 Å². The highest BCUT2D eigenvalue weighted by molar-refractivity contribution is 5.84. The normalized spacial score (nSPS) is 20.7. The number of anilines is 1. The number of nitrogens with two attached hydrogens (primary N) is 1. The summed E-state index contributed by atoms with van der Waals surface area (Å²) in [4.78, 5) is 17.8. The number of aromatic nitrogens is 3. The Labute approximate surface area is 212 Å².